The first-order valence-corrected chi connectivity index (χ1v) is 6.08. The van der Waals surface area contributed by atoms with E-state index in [-0.39, 0.29) is 18.3 Å². The maximum atomic E-state index is 11.5. The molecule has 0 fully saturated rings. The van der Waals surface area contributed by atoms with Gasteiger partial charge in [-0.2, -0.15) is 0 Å². The van der Waals surface area contributed by atoms with Gasteiger partial charge in [-0.1, -0.05) is 6.92 Å². The second-order valence-electron chi connectivity index (χ2n) is 4.00. The predicted molar refractivity (Wildman–Crippen MR) is 69.9 cm³/mol. The van der Waals surface area contributed by atoms with Crippen LogP contribution in [-0.4, -0.2) is 36.8 Å². The highest BCUT2D eigenvalue weighted by Crippen LogP contribution is 2.13. The Morgan fingerprint density at radius 2 is 1.78 bits per heavy atom. The Bertz CT molecular complexity index is 412. The first-order valence-electron chi connectivity index (χ1n) is 6.08. The van der Waals surface area contributed by atoms with Gasteiger partial charge < -0.3 is 9.64 Å². The van der Waals surface area contributed by atoms with Crippen LogP contribution in [0.2, 0.25) is 0 Å². The highest BCUT2D eigenvalue weighted by atomic mass is 16.5. The molecule has 98 valence electrons. The molecule has 0 aliphatic carbocycles. The number of hydrogen-bond donors (Lipinski definition) is 0. The Kier molecular flexibility index (Phi) is 5.36. The smallest absolute Gasteiger partial charge is 0.260 e. The maximum Gasteiger partial charge on any atom is 0.260 e. The van der Waals surface area contributed by atoms with Gasteiger partial charge in [0.1, 0.15) is 5.75 Å². The minimum Gasteiger partial charge on any atom is -0.484 e. The van der Waals surface area contributed by atoms with Crippen LogP contribution in [0.5, 0.6) is 5.75 Å². The molecule has 0 bridgehead atoms. The average Bonchev–Trinajstić information content (AvgIpc) is 2.43. The van der Waals surface area contributed by atoms with Crippen LogP contribution in [0, 0.1) is 0 Å². The van der Waals surface area contributed by atoms with Gasteiger partial charge >= 0.3 is 0 Å². The molecule has 18 heavy (non-hydrogen) atoms. The molecular formula is C14H19NO3. The fourth-order valence-corrected chi connectivity index (χ4v) is 1.37. The lowest BCUT2D eigenvalue weighted by Crippen LogP contribution is -2.31. The molecule has 0 radical (unpaired) electrons. The van der Waals surface area contributed by atoms with Gasteiger partial charge in [-0.05, 0) is 31.2 Å². The standard InChI is InChI=1S/C14H19NO3/c1-4-13(16)11-6-8-12(9-7-11)18-10-14(17)15(3)5-2/h6-9H,4-5,10H2,1-3H3. The van der Waals surface area contributed by atoms with E-state index in [0.29, 0.717) is 24.3 Å². The van der Waals surface area contributed by atoms with Crippen molar-refractivity contribution < 1.29 is 14.3 Å². The second-order valence-corrected chi connectivity index (χ2v) is 4.00. The summed E-state index contributed by atoms with van der Waals surface area (Å²) < 4.78 is 5.36. The van der Waals surface area contributed by atoms with Gasteiger partial charge in [-0.25, -0.2) is 0 Å². The summed E-state index contributed by atoms with van der Waals surface area (Å²) in [6, 6.07) is 6.86. The van der Waals surface area contributed by atoms with Crippen molar-refractivity contribution in [1.29, 1.82) is 0 Å². The van der Waals surface area contributed by atoms with Crippen molar-refractivity contribution in [2.24, 2.45) is 0 Å². The summed E-state index contributed by atoms with van der Waals surface area (Å²) in [7, 11) is 1.73. The summed E-state index contributed by atoms with van der Waals surface area (Å²) in [6.45, 7) is 4.41. The van der Waals surface area contributed by atoms with Gasteiger partial charge in [-0.3, -0.25) is 9.59 Å². The van der Waals surface area contributed by atoms with Crippen LogP contribution < -0.4 is 4.74 Å². The first-order chi connectivity index (χ1) is 8.58. The Morgan fingerprint density at radius 1 is 1.17 bits per heavy atom. The van der Waals surface area contributed by atoms with Gasteiger partial charge in [0, 0.05) is 25.6 Å². The molecule has 0 spiro atoms. The molecule has 0 saturated heterocycles. The lowest BCUT2D eigenvalue weighted by molar-refractivity contribution is -0.131. The Hall–Kier alpha value is -1.84. The largest absolute Gasteiger partial charge is 0.484 e. The van der Waals surface area contributed by atoms with Crippen molar-refractivity contribution >= 4 is 11.7 Å². The van der Waals surface area contributed by atoms with Gasteiger partial charge in [0.25, 0.3) is 5.91 Å². The van der Waals surface area contributed by atoms with E-state index in [1.807, 2.05) is 13.8 Å². The van der Waals surface area contributed by atoms with E-state index >= 15 is 0 Å². The topological polar surface area (TPSA) is 46.6 Å². The van der Waals surface area contributed by atoms with Crippen molar-refractivity contribution in [1.82, 2.24) is 4.90 Å². The quantitative estimate of drug-likeness (QED) is 0.726. The van der Waals surface area contributed by atoms with Gasteiger partial charge in [0.2, 0.25) is 0 Å². The number of amides is 1. The molecule has 0 aliphatic heterocycles. The molecular weight excluding hydrogens is 230 g/mol. The minimum absolute atomic E-state index is 0.0193. The molecule has 0 heterocycles. The maximum absolute atomic E-state index is 11.5. The van der Waals surface area contributed by atoms with Crippen molar-refractivity contribution in [3.05, 3.63) is 29.8 Å². The molecule has 4 nitrogen and oxygen atoms in total. The summed E-state index contributed by atoms with van der Waals surface area (Å²) >= 11 is 0. The van der Waals surface area contributed by atoms with Crippen LogP contribution in [0.1, 0.15) is 30.6 Å². The van der Waals surface area contributed by atoms with E-state index < -0.39 is 0 Å². The lowest BCUT2D eigenvalue weighted by Gasteiger charge is -2.14. The number of ether oxygens (including phenoxy) is 1. The molecule has 1 amide bonds. The van der Waals surface area contributed by atoms with E-state index in [1.54, 1.807) is 36.2 Å². The van der Waals surface area contributed by atoms with Gasteiger partial charge in [-0.15, -0.1) is 0 Å². The summed E-state index contributed by atoms with van der Waals surface area (Å²) in [5.41, 5.74) is 0.668. The molecule has 1 rings (SSSR count). The van der Waals surface area contributed by atoms with Crippen molar-refractivity contribution in [3.63, 3.8) is 0 Å². The summed E-state index contributed by atoms with van der Waals surface area (Å²) in [4.78, 5) is 24.5. The summed E-state index contributed by atoms with van der Waals surface area (Å²) in [6.07, 6.45) is 0.486. The zero-order chi connectivity index (χ0) is 13.5. The lowest BCUT2D eigenvalue weighted by atomic mass is 10.1. The third kappa shape index (κ3) is 3.87. The molecule has 1 aromatic carbocycles. The fraction of sp³-hybridized carbons (Fsp3) is 0.429. The molecule has 0 N–H and O–H groups in total. The first kappa shape index (κ1) is 14.2. The van der Waals surface area contributed by atoms with E-state index in [1.165, 1.54) is 0 Å². The summed E-state index contributed by atoms with van der Waals surface area (Å²) in [5.74, 6) is 0.634. The molecule has 0 atom stereocenters. The molecule has 4 heteroatoms. The van der Waals surface area contributed by atoms with Crippen LogP contribution in [0.25, 0.3) is 0 Å². The van der Waals surface area contributed by atoms with Crippen LogP contribution in [0.15, 0.2) is 24.3 Å². The monoisotopic (exact) mass is 249 g/mol. The number of benzene rings is 1. The second kappa shape index (κ2) is 6.79. The molecule has 1 aromatic rings. The highest BCUT2D eigenvalue weighted by Gasteiger charge is 2.08. The number of carbonyl (C=O) groups is 2. The third-order valence-electron chi connectivity index (χ3n) is 2.76. The highest BCUT2D eigenvalue weighted by molar-refractivity contribution is 5.95. The van der Waals surface area contributed by atoms with Gasteiger partial charge in [0.15, 0.2) is 12.4 Å². The number of likely N-dealkylation sites (N-methyl/N-ethyl adjacent to an activating group) is 1. The fourth-order valence-electron chi connectivity index (χ4n) is 1.37. The Labute approximate surface area is 108 Å². The van der Waals surface area contributed by atoms with Crippen molar-refractivity contribution in [2.45, 2.75) is 20.3 Å². The number of hydrogen-bond acceptors (Lipinski definition) is 3. The average molecular weight is 249 g/mol. The molecule has 0 saturated carbocycles. The number of nitrogens with zero attached hydrogens (tertiary/aromatic N) is 1. The zero-order valence-corrected chi connectivity index (χ0v) is 11.1. The van der Waals surface area contributed by atoms with Crippen molar-refractivity contribution in [2.75, 3.05) is 20.2 Å². The normalized spacial score (nSPS) is 9.94. The SMILES string of the molecule is CCC(=O)c1ccc(OCC(=O)N(C)CC)cc1. The Balaban J connectivity index is 2.54. The van der Waals surface area contributed by atoms with Crippen molar-refractivity contribution in [3.8, 4) is 5.75 Å². The minimum atomic E-state index is -0.0637. The molecule has 0 aromatic heterocycles. The predicted octanol–water partition coefficient (Wildman–Crippen LogP) is 2.14. The number of ketones is 1. The van der Waals surface area contributed by atoms with E-state index in [4.69, 9.17) is 4.74 Å². The van der Waals surface area contributed by atoms with Crippen LogP contribution in [0.3, 0.4) is 0 Å². The van der Waals surface area contributed by atoms with E-state index in [9.17, 15) is 9.59 Å². The van der Waals surface area contributed by atoms with E-state index in [0.717, 1.165) is 0 Å². The number of Topliss-reactive ketones (excluding diaryl/α,β-unsaturated/α-hetero) is 1. The van der Waals surface area contributed by atoms with E-state index in [2.05, 4.69) is 0 Å². The van der Waals surface area contributed by atoms with Crippen LogP contribution in [-0.2, 0) is 4.79 Å². The third-order valence-corrected chi connectivity index (χ3v) is 2.76. The zero-order valence-electron chi connectivity index (χ0n) is 11.1. The van der Waals surface area contributed by atoms with Gasteiger partial charge in [0.05, 0.1) is 0 Å². The Morgan fingerprint density at radius 3 is 2.28 bits per heavy atom. The summed E-state index contributed by atoms with van der Waals surface area (Å²) in [5, 5.41) is 0. The van der Waals surface area contributed by atoms with Crippen LogP contribution >= 0.6 is 0 Å². The number of rotatable bonds is 6. The molecule has 0 unspecified atom stereocenters. The van der Waals surface area contributed by atoms with Crippen LogP contribution in [0.4, 0.5) is 0 Å². The number of carbonyl (C=O) groups excluding carboxylic acids is 2. The molecule has 0 aliphatic rings.